The fraction of sp³-hybridized carbons (Fsp3) is 0.217. The van der Waals surface area contributed by atoms with Gasteiger partial charge in [-0.05, 0) is 55.8 Å². The molecule has 0 saturated heterocycles. The number of methoxy groups -OCH3 is 1. The molecule has 0 aliphatic rings. The van der Waals surface area contributed by atoms with Crippen molar-refractivity contribution in [1.29, 1.82) is 0 Å². The van der Waals surface area contributed by atoms with Crippen molar-refractivity contribution < 1.29 is 23.5 Å². The Balaban J connectivity index is 1.75. The van der Waals surface area contributed by atoms with E-state index in [1.165, 1.54) is 31.4 Å². The van der Waals surface area contributed by atoms with Gasteiger partial charge in [-0.3, -0.25) is 14.3 Å². The van der Waals surface area contributed by atoms with Gasteiger partial charge < -0.3 is 15.4 Å². The normalized spacial score (nSPS) is 10.5. The number of carbonyl (C=O) groups excluding carboxylic acids is 3. The predicted octanol–water partition coefficient (Wildman–Crippen LogP) is 2.99. The summed E-state index contributed by atoms with van der Waals surface area (Å²) in [5.74, 6) is -2.20. The van der Waals surface area contributed by atoms with Crippen LogP contribution in [0.2, 0.25) is 0 Å². The quantitative estimate of drug-likeness (QED) is 0.552. The largest absolute Gasteiger partial charge is 0.465 e. The Labute approximate surface area is 184 Å². The van der Waals surface area contributed by atoms with E-state index in [-0.39, 0.29) is 35.8 Å². The molecule has 0 atom stereocenters. The van der Waals surface area contributed by atoms with Gasteiger partial charge in [0.15, 0.2) is 0 Å². The lowest BCUT2D eigenvalue weighted by molar-refractivity contribution is -0.122. The van der Waals surface area contributed by atoms with E-state index in [1.807, 2.05) is 19.9 Å². The van der Waals surface area contributed by atoms with Gasteiger partial charge in [0.05, 0.1) is 23.9 Å². The Morgan fingerprint density at radius 2 is 1.84 bits per heavy atom. The molecule has 2 amide bonds. The number of hydrogen-bond acceptors (Lipinski definition) is 5. The number of nitrogens with zero attached hydrogens (tertiary/aromatic N) is 2. The number of halogens is 1. The van der Waals surface area contributed by atoms with Gasteiger partial charge in [-0.15, -0.1) is 0 Å². The molecule has 0 aliphatic carbocycles. The maximum atomic E-state index is 13.9. The summed E-state index contributed by atoms with van der Waals surface area (Å²) in [6.07, 6.45) is 0. The lowest BCUT2D eigenvalue weighted by atomic mass is 10.1. The number of esters is 1. The fourth-order valence-corrected chi connectivity index (χ4v) is 3.17. The fourth-order valence-electron chi connectivity index (χ4n) is 3.17. The van der Waals surface area contributed by atoms with Crippen LogP contribution in [0.3, 0.4) is 0 Å². The summed E-state index contributed by atoms with van der Waals surface area (Å²) in [7, 11) is 1.24. The lowest BCUT2D eigenvalue weighted by Gasteiger charge is -2.12. The molecule has 9 heteroatoms. The number of aryl methyl sites for hydroxylation is 2. The van der Waals surface area contributed by atoms with Crippen LogP contribution in [0.15, 0.2) is 48.5 Å². The van der Waals surface area contributed by atoms with Gasteiger partial charge in [0.25, 0.3) is 5.91 Å². The van der Waals surface area contributed by atoms with E-state index in [2.05, 4.69) is 15.7 Å². The highest BCUT2D eigenvalue weighted by molar-refractivity contribution is 6.05. The van der Waals surface area contributed by atoms with Crippen LogP contribution in [0.1, 0.15) is 37.7 Å². The van der Waals surface area contributed by atoms with Crippen molar-refractivity contribution in [2.45, 2.75) is 26.9 Å². The number of benzene rings is 2. The minimum atomic E-state index is -0.662. The Hall–Kier alpha value is -4.01. The van der Waals surface area contributed by atoms with Crippen molar-refractivity contribution in [1.82, 2.24) is 15.1 Å². The summed E-state index contributed by atoms with van der Waals surface area (Å²) < 4.78 is 20.3. The first-order chi connectivity index (χ1) is 15.3. The summed E-state index contributed by atoms with van der Waals surface area (Å²) in [6.45, 7) is 3.85. The third-order valence-electron chi connectivity index (χ3n) is 4.68. The molecule has 1 aromatic heterocycles. The number of rotatable bonds is 7. The number of ether oxygens (including phenoxy) is 1. The lowest BCUT2D eigenvalue weighted by Crippen LogP contribution is -2.28. The van der Waals surface area contributed by atoms with Crippen LogP contribution < -0.4 is 10.6 Å². The predicted molar refractivity (Wildman–Crippen MR) is 116 cm³/mol. The van der Waals surface area contributed by atoms with Crippen molar-refractivity contribution in [3.8, 4) is 0 Å². The minimum Gasteiger partial charge on any atom is -0.465 e. The van der Waals surface area contributed by atoms with Crippen molar-refractivity contribution in [2.24, 2.45) is 0 Å². The minimum absolute atomic E-state index is 0.0489. The molecule has 166 valence electrons. The van der Waals surface area contributed by atoms with Crippen LogP contribution in [0, 0.1) is 19.7 Å². The third-order valence-corrected chi connectivity index (χ3v) is 4.68. The van der Waals surface area contributed by atoms with E-state index in [1.54, 1.807) is 22.9 Å². The molecule has 3 aromatic rings. The topological polar surface area (TPSA) is 102 Å². The van der Waals surface area contributed by atoms with Gasteiger partial charge in [0.2, 0.25) is 5.91 Å². The second-order valence-electron chi connectivity index (χ2n) is 7.21. The van der Waals surface area contributed by atoms with Crippen LogP contribution >= 0.6 is 0 Å². The van der Waals surface area contributed by atoms with E-state index in [4.69, 9.17) is 4.74 Å². The van der Waals surface area contributed by atoms with Gasteiger partial charge >= 0.3 is 5.97 Å². The summed E-state index contributed by atoms with van der Waals surface area (Å²) in [5.41, 5.74) is 2.56. The zero-order chi connectivity index (χ0) is 23.3. The first-order valence-corrected chi connectivity index (χ1v) is 9.82. The van der Waals surface area contributed by atoms with Crippen molar-refractivity contribution in [2.75, 3.05) is 12.4 Å². The van der Waals surface area contributed by atoms with Gasteiger partial charge in [-0.25, -0.2) is 9.18 Å². The Morgan fingerprint density at radius 1 is 1.09 bits per heavy atom. The molecule has 0 radical (unpaired) electrons. The molecule has 3 rings (SSSR count). The van der Waals surface area contributed by atoms with Gasteiger partial charge in [0, 0.05) is 17.9 Å². The SMILES string of the molecule is COC(=O)c1cc(CNC(=O)Cn2nc(C)cc2C)cc(NC(=O)c2ccccc2F)c1. The first kappa shape index (κ1) is 22.7. The van der Waals surface area contributed by atoms with Crippen LogP contribution in [-0.4, -0.2) is 34.7 Å². The first-order valence-electron chi connectivity index (χ1n) is 9.82. The molecule has 2 N–H and O–H groups in total. The average molecular weight is 438 g/mol. The molecule has 0 spiro atoms. The Morgan fingerprint density at radius 3 is 2.50 bits per heavy atom. The highest BCUT2D eigenvalue weighted by Gasteiger charge is 2.15. The van der Waals surface area contributed by atoms with Gasteiger partial charge in [-0.2, -0.15) is 5.10 Å². The van der Waals surface area contributed by atoms with E-state index in [0.29, 0.717) is 5.56 Å². The highest BCUT2D eigenvalue weighted by atomic mass is 19.1. The molecule has 32 heavy (non-hydrogen) atoms. The zero-order valence-electron chi connectivity index (χ0n) is 17.9. The van der Waals surface area contributed by atoms with Crippen molar-refractivity contribution in [3.05, 3.63) is 82.4 Å². The van der Waals surface area contributed by atoms with Gasteiger partial charge in [0.1, 0.15) is 12.4 Å². The number of hydrogen-bond donors (Lipinski definition) is 2. The number of aromatic nitrogens is 2. The number of anilines is 1. The zero-order valence-corrected chi connectivity index (χ0v) is 17.9. The summed E-state index contributed by atoms with van der Waals surface area (Å²) >= 11 is 0. The van der Waals surface area contributed by atoms with E-state index >= 15 is 0 Å². The molecular formula is C23H23FN4O4. The number of nitrogens with one attached hydrogen (secondary N) is 2. The van der Waals surface area contributed by atoms with E-state index in [9.17, 15) is 18.8 Å². The van der Waals surface area contributed by atoms with Crippen molar-refractivity contribution >= 4 is 23.5 Å². The maximum Gasteiger partial charge on any atom is 0.337 e. The molecule has 2 aromatic carbocycles. The standard InChI is InChI=1S/C23H23FN4O4/c1-14-8-15(2)28(27-14)13-21(29)25-12-16-9-17(23(31)32-3)11-18(10-16)26-22(30)19-6-4-5-7-20(19)24/h4-11H,12-13H2,1-3H3,(H,25,29)(H,26,30). The van der Waals surface area contributed by atoms with Gasteiger partial charge in [-0.1, -0.05) is 12.1 Å². The number of carbonyl (C=O) groups is 3. The highest BCUT2D eigenvalue weighted by Crippen LogP contribution is 2.18. The summed E-state index contributed by atoms with van der Waals surface area (Å²) in [4.78, 5) is 36.8. The summed E-state index contributed by atoms with van der Waals surface area (Å²) in [5, 5.41) is 9.60. The molecule has 0 fully saturated rings. The molecule has 0 aliphatic heterocycles. The second-order valence-corrected chi connectivity index (χ2v) is 7.21. The molecule has 0 bridgehead atoms. The van der Waals surface area contributed by atoms with Crippen LogP contribution in [0.4, 0.5) is 10.1 Å². The maximum absolute atomic E-state index is 13.9. The number of amides is 2. The molecule has 1 heterocycles. The van der Waals surface area contributed by atoms with Crippen LogP contribution in [0.25, 0.3) is 0 Å². The Kier molecular flexibility index (Phi) is 6.99. The van der Waals surface area contributed by atoms with E-state index < -0.39 is 17.7 Å². The van der Waals surface area contributed by atoms with Crippen LogP contribution in [-0.2, 0) is 22.6 Å². The molecule has 0 unspecified atom stereocenters. The molecule has 8 nitrogen and oxygen atoms in total. The van der Waals surface area contributed by atoms with Crippen molar-refractivity contribution in [3.63, 3.8) is 0 Å². The van der Waals surface area contributed by atoms with E-state index in [0.717, 1.165) is 11.4 Å². The molecule has 0 saturated carbocycles. The second kappa shape index (κ2) is 9.86. The smallest absolute Gasteiger partial charge is 0.337 e. The monoisotopic (exact) mass is 438 g/mol. The average Bonchev–Trinajstić information content (AvgIpc) is 3.08. The summed E-state index contributed by atoms with van der Waals surface area (Å²) in [6, 6.07) is 12.0. The molecular weight excluding hydrogens is 415 g/mol. The Bertz CT molecular complexity index is 1170. The van der Waals surface area contributed by atoms with Crippen LogP contribution in [0.5, 0.6) is 0 Å². The third kappa shape index (κ3) is 5.57.